The molecule has 8 nitrogen and oxygen atoms in total. The fourth-order valence-electron chi connectivity index (χ4n) is 4.84. The van der Waals surface area contributed by atoms with Gasteiger partial charge in [0.25, 0.3) is 0 Å². The molecular weight excluding hydrogens is 466 g/mol. The quantitative estimate of drug-likeness (QED) is 0.349. The van der Waals surface area contributed by atoms with E-state index in [0.717, 1.165) is 17.7 Å². The number of ketones is 1. The van der Waals surface area contributed by atoms with Gasteiger partial charge < -0.3 is 20.1 Å². The molecule has 3 heterocycles. The average Bonchev–Trinajstić information content (AvgIpc) is 3.42. The SMILES string of the molecule is C=C1C(=O)Cc2c(N)nc(OCCOC)nc2N1Cc1ccc(-c2ccc(CN3CCCC3)cc2)cc1. The van der Waals surface area contributed by atoms with Gasteiger partial charge in [-0.3, -0.25) is 9.69 Å². The smallest absolute Gasteiger partial charge is 0.320 e. The van der Waals surface area contributed by atoms with Crippen molar-refractivity contribution < 1.29 is 14.3 Å². The molecule has 2 N–H and O–H groups in total. The fourth-order valence-corrected chi connectivity index (χ4v) is 4.84. The predicted octanol–water partition coefficient (Wildman–Crippen LogP) is 3.99. The average molecular weight is 500 g/mol. The summed E-state index contributed by atoms with van der Waals surface area (Å²) in [6, 6.07) is 17.3. The summed E-state index contributed by atoms with van der Waals surface area (Å²) in [5, 5.41) is 0. The van der Waals surface area contributed by atoms with Gasteiger partial charge in [0.05, 0.1) is 12.3 Å². The number of hydrogen-bond donors (Lipinski definition) is 1. The highest BCUT2D eigenvalue weighted by Crippen LogP contribution is 2.34. The van der Waals surface area contributed by atoms with Crippen LogP contribution in [0.15, 0.2) is 60.8 Å². The number of allylic oxidation sites excluding steroid dienone is 1. The Morgan fingerprint density at radius 3 is 2.16 bits per heavy atom. The largest absolute Gasteiger partial charge is 0.461 e. The third kappa shape index (κ3) is 5.65. The number of hydrogen-bond acceptors (Lipinski definition) is 8. The number of methoxy groups -OCH3 is 1. The van der Waals surface area contributed by atoms with Gasteiger partial charge in [-0.15, -0.1) is 0 Å². The van der Waals surface area contributed by atoms with Crippen LogP contribution >= 0.6 is 0 Å². The lowest BCUT2D eigenvalue weighted by atomic mass is 10.00. The van der Waals surface area contributed by atoms with Gasteiger partial charge in [-0.05, 0) is 48.2 Å². The van der Waals surface area contributed by atoms with Crippen LogP contribution in [0.25, 0.3) is 11.1 Å². The highest BCUT2D eigenvalue weighted by atomic mass is 16.5. The maximum absolute atomic E-state index is 12.7. The van der Waals surface area contributed by atoms with Crippen molar-refractivity contribution in [3.8, 4) is 17.1 Å². The minimum absolute atomic E-state index is 0.0958. The van der Waals surface area contributed by atoms with Crippen LogP contribution in [0, 0.1) is 0 Å². The first-order valence-corrected chi connectivity index (χ1v) is 12.7. The summed E-state index contributed by atoms with van der Waals surface area (Å²) in [6.45, 7) is 8.58. The number of carbonyl (C=O) groups excluding carboxylic acids is 1. The molecule has 0 amide bonds. The maximum atomic E-state index is 12.7. The molecule has 8 heteroatoms. The second-order valence-electron chi connectivity index (χ2n) is 9.54. The van der Waals surface area contributed by atoms with Crippen molar-refractivity contribution in [3.63, 3.8) is 0 Å². The monoisotopic (exact) mass is 499 g/mol. The molecule has 37 heavy (non-hydrogen) atoms. The molecular formula is C29H33N5O3. The number of likely N-dealkylation sites (tertiary alicyclic amines) is 1. The summed E-state index contributed by atoms with van der Waals surface area (Å²) in [6.07, 6.45) is 2.73. The second-order valence-corrected chi connectivity index (χ2v) is 9.54. The number of anilines is 2. The van der Waals surface area contributed by atoms with Gasteiger partial charge in [-0.1, -0.05) is 55.1 Å². The van der Waals surface area contributed by atoms with Crippen LogP contribution in [0.2, 0.25) is 0 Å². The molecule has 192 valence electrons. The zero-order valence-corrected chi connectivity index (χ0v) is 21.3. The molecule has 2 aliphatic rings. The lowest BCUT2D eigenvalue weighted by molar-refractivity contribution is -0.115. The van der Waals surface area contributed by atoms with Crippen molar-refractivity contribution in [3.05, 3.63) is 77.5 Å². The molecule has 0 saturated carbocycles. The van der Waals surface area contributed by atoms with Crippen LogP contribution in [0.1, 0.15) is 29.5 Å². The van der Waals surface area contributed by atoms with E-state index in [2.05, 4.69) is 70.0 Å². The molecule has 2 aliphatic heterocycles. The summed E-state index contributed by atoms with van der Waals surface area (Å²) >= 11 is 0. The molecule has 0 spiro atoms. The molecule has 1 aromatic heterocycles. The number of carbonyl (C=O) groups is 1. The van der Waals surface area contributed by atoms with Crippen molar-refractivity contribution in [1.29, 1.82) is 0 Å². The highest BCUT2D eigenvalue weighted by Gasteiger charge is 2.31. The van der Waals surface area contributed by atoms with E-state index in [9.17, 15) is 4.79 Å². The number of aromatic nitrogens is 2. The van der Waals surface area contributed by atoms with E-state index in [4.69, 9.17) is 15.2 Å². The third-order valence-corrected chi connectivity index (χ3v) is 6.94. The molecule has 5 rings (SSSR count). The topological polar surface area (TPSA) is 93.8 Å². The Morgan fingerprint density at radius 2 is 1.54 bits per heavy atom. The molecule has 0 aliphatic carbocycles. The van der Waals surface area contributed by atoms with E-state index in [1.165, 1.54) is 37.1 Å². The summed E-state index contributed by atoms with van der Waals surface area (Å²) < 4.78 is 10.6. The molecule has 0 atom stereocenters. The van der Waals surface area contributed by atoms with Crippen LogP contribution in [-0.2, 0) is 29.0 Å². The fraction of sp³-hybridized carbons (Fsp3) is 0.345. The number of rotatable bonds is 9. The van der Waals surface area contributed by atoms with Crippen LogP contribution in [-0.4, -0.2) is 54.1 Å². The number of benzene rings is 2. The molecule has 1 fully saturated rings. The lowest BCUT2D eigenvalue weighted by Gasteiger charge is -2.31. The minimum Gasteiger partial charge on any atom is -0.461 e. The highest BCUT2D eigenvalue weighted by molar-refractivity contribution is 6.03. The summed E-state index contributed by atoms with van der Waals surface area (Å²) in [7, 11) is 1.60. The summed E-state index contributed by atoms with van der Waals surface area (Å²) in [5.74, 6) is 0.704. The standard InChI is InChI=1S/C29H33N5O3/c1-20-26(35)17-25-27(30)31-29(37-16-15-36-2)32-28(25)34(20)19-22-7-11-24(12-8-22)23-9-5-21(6-10-23)18-33-13-3-4-14-33/h5-12H,1,3-4,13-19H2,2H3,(H2,30,31,32). The summed E-state index contributed by atoms with van der Waals surface area (Å²) in [4.78, 5) is 25.8. The van der Waals surface area contributed by atoms with Crippen LogP contribution < -0.4 is 15.4 Å². The molecule has 0 bridgehead atoms. The number of nitrogens with two attached hydrogens (primary N) is 1. The van der Waals surface area contributed by atoms with E-state index in [-0.39, 0.29) is 24.0 Å². The van der Waals surface area contributed by atoms with Crippen molar-refractivity contribution in [2.75, 3.05) is 44.0 Å². The first-order chi connectivity index (χ1) is 18.0. The minimum atomic E-state index is -0.0958. The van der Waals surface area contributed by atoms with E-state index in [1.807, 2.05) is 0 Å². The number of nitrogens with zero attached hydrogens (tertiary/aromatic N) is 4. The Balaban J connectivity index is 1.32. The Morgan fingerprint density at radius 1 is 0.919 bits per heavy atom. The van der Waals surface area contributed by atoms with Crippen molar-refractivity contribution in [1.82, 2.24) is 14.9 Å². The number of ether oxygens (including phenoxy) is 2. The first kappa shape index (κ1) is 24.9. The van der Waals surface area contributed by atoms with Gasteiger partial charge in [0.15, 0.2) is 5.78 Å². The first-order valence-electron chi connectivity index (χ1n) is 12.7. The lowest BCUT2D eigenvalue weighted by Crippen LogP contribution is -2.34. The van der Waals surface area contributed by atoms with Gasteiger partial charge >= 0.3 is 6.01 Å². The normalized spacial score (nSPS) is 15.8. The van der Waals surface area contributed by atoms with Crippen molar-refractivity contribution in [2.24, 2.45) is 0 Å². The molecule has 1 saturated heterocycles. The van der Waals surface area contributed by atoms with Gasteiger partial charge in [-0.2, -0.15) is 9.97 Å². The molecule has 2 aromatic carbocycles. The van der Waals surface area contributed by atoms with Crippen LogP contribution in [0.5, 0.6) is 6.01 Å². The van der Waals surface area contributed by atoms with Crippen LogP contribution in [0.3, 0.4) is 0 Å². The number of fused-ring (bicyclic) bond motifs is 1. The van der Waals surface area contributed by atoms with E-state index >= 15 is 0 Å². The second kappa shape index (κ2) is 11.1. The van der Waals surface area contributed by atoms with Crippen molar-refractivity contribution in [2.45, 2.75) is 32.4 Å². The van der Waals surface area contributed by atoms with Gasteiger partial charge in [-0.25, -0.2) is 0 Å². The maximum Gasteiger partial charge on any atom is 0.320 e. The Kier molecular flexibility index (Phi) is 7.48. The molecule has 0 radical (unpaired) electrons. The Labute approximate surface area is 217 Å². The van der Waals surface area contributed by atoms with Gasteiger partial charge in [0.2, 0.25) is 0 Å². The molecule has 3 aromatic rings. The number of Topliss-reactive ketones (excluding diaryl/α,β-unsaturated/α-hetero) is 1. The molecule has 0 unspecified atom stereocenters. The van der Waals surface area contributed by atoms with Crippen LogP contribution in [0.4, 0.5) is 11.6 Å². The summed E-state index contributed by atoms with van der Waals surface area (Å²) in [5.41, 5.74) is 11.9. The van der Waals surface area contributed by atoms with E-state index in [0.29, 0.717) is 36.8 Å². The zero-order chi connectivity index (χ0) is 25.8. The zero-order valence-electron chi connectivity index (χ0n) is 21.3. The predicted molar refractivity (Wildman–Crippen MR) is 144 cm³/mol. The number of nitrogen functional groups attached to an aromatic ring is 1. The third-order valence-electron chi connectivity index (χ3n) is 6.94. The van der Waals surface area contributed by atoms with Gasteiger partial charge in [0.1, 0.15) is 18.2 Å². The Bertz CT molecular complexity index is 1270. The Hall–Kier alpha value is -3.75. The van der Waals surface area contributed by atoms with Gasteiger partial charge in [0, 0.05) is 32.2 Å². The van der Waals surface area contributed by atoms with Crippen molar-refractivity contribution >= 4 is 17.4 Å². The van der Waals surface area contributed by atoms with E-state index < -0.39 is 0 Å². The van der Waals surface area contributed by atoms with E-state index in [1.54, 1.807) is 12.0 Å².